The van der Waals surface area contributed by atoms with Crippen LogP contribution in [0.25, 0.3) is 0 Å². The molecule has 2 saturated carbocycles. The molecule has 0 amide bonds. The Balaban J connectivity index is 1.17. The highest BCUT2D eigenvalue weighted by molar-refractivity contribution is 4.95. The molecule has 0 radical (unpaired) electrons. The van der Waals surface area contributed by atoms with Gasteiger partial charge in [-0.2, -0.15) is 0 Å². The second kappa shape index (κ2) is 9.11. The van der Waals surface area contributed by atoms with E-state index >= 15 is 0 Å². The molecule has 4 nitrogen and oxygen atoms in total. The maximum absolute atomic E-state index is 3.96. The number of piperidine rings is 2. The van der Waals surface area contributed by atoms with Gasteiger partial charge in [-0.1, -0.05) is 13.8 Å². The minimum atomic E-state index is 0.760. The van der Waals surface area contributed by atoms with Crippen LogP contribution in [-0.2, 0) is 0 Å². The summed E-state index contributed by atoms with van der Waals surface area (Å²) in [5.74, 6) is 2.69. The zero-order chi connectivity index (χ0) is 18.8. The van der Waals surface area contributed by atoms with Crippen LogP contribution in [-0.4, -0.2) is 73.7 Å². The molecule has 4 atom stereocenters. The van der Waals surface area contributed by atoms with E-state index < -0.39 is 0 Å². The van der Waals surface area contributed by atoms with Gasteiger partial charge in [-0.3, -0.25) is 4.90 Å². The van der Waals surface area contributed by atoms with Crippen molar-refractivity contribution in [2.24, 2.45) is 17.8 Å². The Labute approximate surface area is 167 Å². The molecule has 0 aromatic heterocycles. The predicted molar refractivity (Wildman–Crippen MR) is 114 cm³/mol. The van der Waals surface area contributed by atoms with Crippen LogP contribution in [0.15, 0.2) is 0 Å². The van der Waals surface area contributed by atoms with Crippen LogP contribution < -0.4 is 10.6 Å². The molecule has 4 fully saturated rings. The van der Waals surface area contributed by atoms with Crippen LogP contribution in [0.5, 0.6) is 0 Å². The summed E-state index contributed by atoms with van der Waals surface area (Å²) in [7, 11) is 2.13. The first-order chi connectivity index (χ1) is 13.1. The van der Waals surface area contributed by atoms with Crippen LogP contribution >= 0.6 is 0 Å². The fourth-order valence-corrected chi connectivity index (χ4v) is 6.09. The van der Waals surface area contributed by atoms with Gasteiger partial charge in [0.2, 0.25) is 0 Å². The molecule has 4 heteroatoms. The van der Waals surface area contributed by atoms with Crippen molar-refractivity contribution in [2.45, 2.75) is 89.4 Å². The minimum Gasteiger partial charge on any atom is -0.317 e. The summed E-state index contributed by atoms with van der Waals surface area (Å²) in [5, 5.41) is 7.46. The average Bonchev–Trinajstić information content (AvgIpc) is 3.12. The molecule has 0 spiro atoms. The SMILES string of the molecule is CNC1CCC(N2CC[C@@H](C)C(CNC3CC(N4CCC(C)CC4)C3)C2)C1. The van der Waals surface area contributed by atoms with Crippen LogP contribution in [0.2, 0.25) is 0 Å². The van der Waals surface area contributed by atoms with Crippen LogP contribution in [0.4, 0.5) is 0 Å². The monoisotopic (exact) mass is 376 g/mol. The lowest BCUT2D eigenvalue weighted by Gasteiger charge is -2.47. The molecule has 2 saturated heterocycles. The van der Waals surface area contributed by atoms with E-state index in [2.05, 4.69) is 41.3 Å². The van der Waals surface area contributed by atoms with E-state index in [1.807, 2.05) is 0 Å². The van der Waals surface area contributed by atoms with E-state index in [1.165, 1.54) is 84.1 Å². The van der Waals surface area contributed by atoms with Crippen molar-refractivity contribution in [3.63, 3.8) is 0 Å². The fourth-order valence-electron chi connectivity index (χ4n) is 6.09. The molecule has 0 bridgehead atoms. The summed E-state index contributed by atoms with van der Waals surface area (Å²) in [6, 6.07) is 3.27. The number of likely N-dealkylation sites (tertiary alicyclic amines) is 2. The van der Waals surface area contributed by atoms with Crippen LogP contribution in [0.1, 0.15) is 65.2 Å². The third kappa shape index (κ3) is 4.88. The van der Waals surface area contributed by atoms with Gasteiger partial charge in [-0.15, -0.1) is 0 Å². The Morgan fingerprint density at radius 1 is 0.778 bits per heavy atom. The molecular formula is C23H44N4. The highest BCUT2D eigenvalue weighted by Crippen LogP contribution is 2.32. The Kier molecular flexibility index (Phi) is 6.79. The molecule has 0 aromatic rings. The molecule has 2 N–H and O–H groups in total. The van der Waals surface area contributed by atoms with Gasteiger partial charge < -0.3 is 15.5 Å². The lowest BCUT2D eigenvalue weighted by Crippen LogP contribution is -2.56. The summed E-state index contributed by atoms with van der Waals surface area (Å²) in [4.78, 5) is 5.61. The molecule has 2 aliphatic heterocycles. The second-order valence-corrected chi connectivity index (χ2v) is 10.4. The second-order valence-electron chi connectivity index (χ2n) is 10.4. The third-order valence-electron chi connectivity index (χ3n) is 8.59. The van der Waals surface area contributed by atoms with Crippen molar-refractivity contribution >= 4 is 0 Å². The normalized spacial score (nSPS) is 42.3. The molecule has 0 aromatic carbocycles. The number of nitrogens with zero attached hydrogens (tertiary/aromatic N) is 2. The maximum atomic E-state index is 3.96. The first-order valence-electron chi connectivity index (χ1n) is 12.0. The fraction of sp³-hybridized carbons (Fsp3) is 1.00. The molecule has 3 unspecified atom stereocenters. The summed E-state index contributed by atoms with van der Waals surface area (Å²) < 4.78 is 0. The Bertz CT molecular complexity index is 455. The Morgan fingerprint density at radius 2 is 1.48 bits per heavy atom. The highest BCUT2D eigenvalue weighted by Gasteiger charge is 2.37. The van der Waals surface area contributed by atoms with Crippen molar-refractivity contribution in [2.75, 3.05) is 39.8 Å². The smallest absolute Gasteiger partial charge is 0.0125 e. The van der Waals surface area contributed by atoms with Gasteiger partial charge in [0, 0.05) is 30.7 Å². The molecule has 156 valence electrons. The van der Waals surface area contributed by atoms with E-state index in [0.717, 1.165) is 41.9 Å². The summed E-state index contributed by atoms with van der Waals surface area (Å²) in [5.41, 5.74) is 0. The van der Waals surface area contributed by atoms with Gasteiger partial charge in [-0.25, -0.2) is 0 Å². The van der Waals surface area contributed by atoms with E-state index in [-0.39, 0.29) is 0 Å². The van der Waals surface area contributed by atoms with Gasteiger partial charge in [0.25, 0.3) is 0 Å². The number of hydrogen-bond acceptors (Lipinski definition) is 4. The standard InChI is InChI=1S/C23H44N4/c1-17-6-9-26(10-7-17)23-13-21(14-23)25-15-19-16-27(11-8-18(19)2)22-5-4-20(12-22)24-3/h17-25H,4-16H2,1-3H3/t18-,19?,20?,21?,22?,23?/m1/s1. The van der Waals surface area contributed by atoms with Crippen molar-refractivity contribution in [3.05, 3.63) is 0 Å². The largest absolute Gasteiger partial charge is 0.317 e. The van der Waals surface area contributed by atoms with E-state index in [4.69, 9.17) is 0 Å². The number of hydrogen-bond donors (Lipinski definition) is 2. The lowest BCUT2D eigenvalue weighted by molar-refractivity contribution is 0.0542. The van der Waals surface area contributed by atoms with E-state index in [1.54, 1.807) is 0 Å². The molecule has 4 aliphatic rings. The van der Waals surface area contributed by atoms with Crippen LogP contribution in [0, 0.1) is 17.8 Å². The quantitative estimate of drug-likeness (QED) is 0.746. The Morgan fingerprint density at radius 3 is 2.19 bits per heavy atom. The maximum Gasteiger partial charge on any atom is 0.0125 e. The van der Waals surface area contributed by atoms with E-state index in [9.17, 15) is 0 Å². The minimum absolute atomic E-state index is 0.760. The van der Waals surface area contributed by atoms with Crippen molar-refractivity contribution < 1.29 is 0 Å². The molecule has 2 heterocycles. The van der Waals surface area contributed by atoms with Gasteiger partial charge >= 0.3 is 0 Å². The zero-order valence-electron chi connectivity index (χ0n) is 18.1. The highest BCUT2D eigenvalue weighted by atomic mass is 15.2. The van der Waals surface area contributed by atoms with Gasteiger partial charge in [0.15, 0.2) is 0 Å². The predicted octanol–water partition coefficient (Wildman–Crippen LogP) is 2.94. The van der Waals surface area contributed by atoms with Gasteiger partial charge in [0.05, 0.1) is 0 Å². The molecular weight excluding hydrogens is 332 g/mol. The van der Waals surface area contributed by atoms with E-state index in [0.29, 0.717) is 0 Å². The van der Waals surface area contributed by atoms with Crippen molar-refractivity contribution in [1.29, 1.82) is 0 Å². The molecule has 27 heavy (non-hydrogen) atoms. The van der Waals surface area contributed by atoms with Crippen molar-refractivity contribution in [3.8, 4) is 0 Å². The number of nitrogens with one attached hydrogen (secondary N) is 2. The molecule has 4 rings (SSSR count). The first-order valence-corrected chi connectivity index (χ1v) is 12.0. The summed E-state index contributed by atoms with van der Waals surface area (Å²) in [6.07, 6.45) is 11.2. The summed E-state index contributed by atoms with van der Waals surface area (Å²) >= 11 is 0. The Hall–Kier alpha value is -0.160. The van der Waals surface area contributed by atoms with Crippen LogP contribution in [0.3, 0.4) is 0 Å². The third-order valence-corrected chi connectivity index (χ3v) is 8.59. The van der Waals surface area contributed by atoms with Crippen molar-refractivity contribution in [1.82, 2.24) is 20.4 Å². The van der Waals surface area contributed by atoms with Gasteiger partial charge in [0.1, 0.15) is 0 Å². The number of rotatable bonds is 6. The molecule has 2 aliphatic carbocycles. The topological polar surface area (TPSA) is 30.5 Å². The zero-order valence-corrected chi connectivity index (χ0v) is 18.1. The summed E-state index contributed by atoms with van der Waals surface area (Å²) in [6.45, 7) is 11.5. The lowest BCUT2D eigenvalue weighted by atomic mass is 9.82. The van der Waals surface area contributed by atoms with Gasteiger partial charge in [-0.05, 0) is 102 Å². The first kappa shape index (κ1) is 20.1. The average molecular weight is 377 g/mol.